The van der Waals surface area contributed by atoms with Gasteiger partial charge in [0.15, 0.2) is 0 Å². The van der Waals surface area contributed by atoms with Crippen LogP contribution in [0.2, 0.25) is 0 Å². The molecule has 0 unspecified atom stereocenters. The van der Waals surface area contributed by atoms with Gasteiger partial charge in [-0.15, -0.1) is 0 Å². The standard InChI is InChI=1S/C25H22N2O2/c26-17-22(25(28)27-14-3-4-15-27)16-19-10-12-23(13-11-19)29-18-21-8-5-7-20-6-1-2-9-24(20)21/h1-2,5-13,16H,3-4,14-15,18H2/b22-16+. The average molecular weight is 382 g/mol. The molecule has 0 N–H and O–H groups in total. The monoisotopic (exact) mass is 382 g/mol. The minimum absolute atomic E-state index is 0.177. The molecule has 0 spiro atoms. The van der Waals surface area contributed by atoms with Gasteiger partial charge in [0.25, 0.3) is 5.91 Å². The van der Waals surface area contributed by atoms with Crippen molar-refractivity contribution in [1.29, 1.82) is 5.26 Å². The zero-order valence-corrected chi connectivity index (χ0v) is 16.2. The van der Waals surface area contributed by atoms with Crippen molar-refractivity contribution in [2.45, 2.75) is 19.4 Å². The highest BCUT2D eigenvalue weighted by Gasteiger charge is 2.21. The number of amides is 1. The fraction of sp³-hybridized carbons (Fsp3) is 0.200. The molecule has 4 nitrogen and oxygen atoms in total. The zero-order valence-electron chi connectivity index (χ0n) is 16.2. The highest BCUT2D eigenvalue weighted by atomic mass is 16.5. The van der Waals surface area contributed by atoms with E-state index in [2.05, 4.69) is 24.3 Å². The number of likely N-dealkylation sites (tertiary alicyclic amines) is 1. The van der Waals surface area contributed by atoms with Crippen LogP contribution in [0, 0.1) is 11.3 Å². The van der Waals surface area contributed by atoms with E-state index in [4.69, 9.17) is 4.74 Å². The van der Waals surface area contributed by atoms with Crippen LogP contribution in [-0.4, -0.2) is 23.9 Å². The number of rotatable bonds is 5. The fourth-order valence-corrected chi connectivity index (χ4v) is 3.64. The van der Waals surface area contributed by atoms with Gasteiger partial charge in [0.05, 0.1) is 0 Å². The topological polar surface area (TPSA) is 53.3 Å². The summed E-state index contributed by atoms with van der Waals surface area (Å²) in [6.07, 6.45) is 3.66. The molecule has 0 aliphatic carbocycles. The lowest BCUT2D eigenvalue weighted by Crippen LogP contribution is -2.28. The molecule has 0 aromatic heterocycles. The van der Waals surface area contributed by atoms with E-state index in [9.17, 15) is 10.1 Å². The average Bonchev–Trinajstić information content (AvgIpc) is 3.31. The van der Waals surface area contributed by atoms with Gasteiger partial charge in [0, 0.05) is 13.1 Å². The van der Waals surface area contributed by atoms with E-state index >= 15 is 0 Å². The van der Waals surface area contributed by atoms with E-state index in [0.29, 0.717) is 6.61 Å². The molecule has 144 valence electrons. The second-order valence-corrected chi connectivity index (χ2v) is 7.17. The highest BCUT2D eigenvalue weighted by Crippen LogP contribution is 2.22. The molecule has 1 heterocycles. The maximum absolute atomic E-state index is 12.4. The van der Waals surface area contributed by atoms with Gasteiger partial charge in [0.1, 0.15) is 24.0 Å². The molecule has 3 aromatic carbocycles. The maximum Gasteiger partial charge on any atom is 0.264 e. The Bertz CT molecular complexity index is 1080. The number of carbonyl (C=O) groups is 1. The first kappa shape index (κ1) is 18.8. The molecule has 0 radical (unpaired) electrons. The quantitative estimate of drug-likeness (QED) is 0.463. The molecule has 29 heavy (non-hydrogen) atoms. The highest BCUT2D eigenvalue weighted by molar-refractivity contribution is 6.01. The summed E-state index contributed by atoms with van der Waals surface area (Å²) >= 11 is 0. The van der Waals surface area contributed by atoms with Crippen molar-refractivity contribution in [1.82, 2.24) is 4.90 Å². The molecule has 1 aliphatic rings. The van der Waals surface area contributed by atoms with Crippen molar-refractivity contribution in [3.8, 4) is 11.8 Å². The molecule has 4 heteroatoms. The van der Waals surface area contributed by atoms with E-state index in [-0.39, 0.29) is 11.5 Å². The van der Waals surface area contributed by atoms with Crippen molar-refractivity contribution >= 4 is 22.8 Å². The van der Waals surface area contributed by atoms with Crippen LogP contribution in [-0.2, 0) is 11.4 Å². The van der Waals surface area contributed by atoms with Gasteiger partial charge < -0.3 is 9.64 Å². The number of carbonyl (C=O) groups excluding carboxylic acids is 1. The third-order valence-electron chi connectivity index (χ3n) is 5.21. The first-order valence-corrected chi connectivity index (χ1v) is 9.85. The number of ether oxygens (including phenoxy) is 1. The third-order valence-corrected chi connectivity index (χ3v) is 5.21. The molecule has 1 amide bonds. The van der Waals surface area contributed by atoms with Crippen LogP contribution in [0.4, 0.5) is 0 Å². The summed E-state index contributed by atoms with van der Waals surface area (Å²) in [6, 6.07) is 24.0. The van der Waals surface area contributed by atoms with Gasteiger partial charge in [-0.05, 0) is 52.9 Å². The summed E-state index contributed by atoms with van der Waals surface area (Å²) in [6.45, 7) is 1.95. The van der Waals surface area contributed by atoms with Crippen molar-refractivity contribution < 1.29 is 9.53 Å². The minimum Gasteiger partial charge on any atom is -0.489 e. The number of nitriles is 1. The van der Waals surface area contributed by atoms with Crippen LogP contribution >= 0.6 is 0 Å². The SMILES string of the molecule is N#C/C(=C\c1ccc(OCc2cccc3ccccc23)cc1)C(=O)N1CCCC1. The Balaban J connectivity index is 1.45. The first-order valence-electron chi connectivity index (χ1n) is 9.85. The smallest absolute Gasteiger partial charge is 0.264 e. The lowest BCUT2D eigenvalue weighted by Gasteiger charge is -2.14. The van der Waals surface area contributed by atoms with E-state index in [1.165, 1.54) is 10.8 Å². The Morgan fingerprint density at radius 3 is 2.48 bits per heavy atom. The Morgan fingerprint density at radius 2 is 1.72 bits per heavy atom. The van der Waals surface area contributed by atoms with Crippen LogP contribution in [0.25, 0.3) is 16.8 Å². The first-order chi connectivity index (χ1) is 14.2. The van der Waals surface area contributed by atoms with Crippen LogP contribution in [0.5, 0.6) is 5.75 Å². The Kier molecular flexibility index (Phi) is 5.58. The minimum atomic E-state index is -0.179. The molecule has 0 atom stereocenters. The molecule has 1 fully saturated rings. The van der Waals surface area contributed by atoms with Gasteiger partial charge in [-0.2, -0.15) is 5.26 Å². The lowest BCUT2D eigenvalue weighted by molar-refractivity contribution is -0.125. The van der Waals surface area contributed by atoms with Gasteiger partial charge in [0.2, 0.25) is 0 Å². The second kappa shape index (κ2) is 8.62. The Hall–Kier alpha value is -3.58. The fourth-order valence-electron chi connectivity index (χ4n) is 3.64. The summed E-state index contributed by atoms with van der Waals surface area (Å²) in [4.78, 5) is 14.2. The molecule has 1 aliphatic heterocycles. The number of fused-ring (bicyclic) bond motifs is 1. The van der Waals surface area contributed by atoms with E-state index in [0.717, 1.165) is 42.8 Å². The van der Waals surface area contributed by atoms with Crippen LogP contribution in [0.1, 0.15) is 24.0 Å². The zero-order chi connectivity index (χ0) is 20.1. The van der Waals surface area contributed by atoms with Gasteiger partial charge >= 0.3 is 0 Å². The molecule has 4 rings (SSSR count). The summed E-state index contributed by atoms with van der Waals surface area (Å²) in [5, 5.41) is 11.8. The van der Waals surface area contributed by atoms with Crippen LogP contribution in [0.15, 0.2) is 72.3 Å². The van der Waals surface area contributed by atoms with Crippen LogP contribution < -0.4 is 4.74 Å². The molecule has 0 bridgehead atoms. The third kappa shape index (κ3) is 4.30. The van der Waals surface area contributed by atoms with E-state index in [1.54, 1.807) is 11.0 Å². The van der Waals surface area contributed by atoms with Crippen molar-refractivity contribution in [3.63, 3.8) is 0 Å². The molecule has 0 saturated carbocycles. The van der Waals surface area contributed by atoms with Crippen LogP contribution in [0.3, 0.4) is 0 Å². The van der Waals surface area contributed by atoms with Crippen molar-refractivity contribution in [2.75, 3.05) is 13.1 Å². The Labute approximate surface area is 170 Å². The number of nitrogens with zero attached hydrogens (tertiary/aromatic N) is 2. The molecular formula is C25H22N2O2. The number of hydrogen-bond acceptors (Lipinski definition) is 3. The van der Waals surface area contributed by atoms with Crippen molar-refractivity contribution in [3.05, 3.63) is 83.4 Å². The predicted molar refractivity (Wildman–Crippen MR) is 114 cm³/mol. The van der Waals surface area contributed by atoms with E-state index < -0.39 is 0 Å². The Morgan fingerprint density at radius 1 is 1.00 bits per heavy atom. The molecule has 3 aromatic rings. The predicted octanol–water partition coefficient (Wildman–Crippen LogP) is 4.95. The summed E-state index contributed by atoms with van der Waals surface area (Å²) in [5.41, 5.74) is 2.12. The van der Waals surface area contributed by atoms with Gasteiger partial charge in [-0.3, -0.25) is 4.79 Å². The van der Waals surface area contributed by atoms with Gasteiger partial charge in [-0.1, -0.05) is 54.6 Å². The largest absolute Gasteiger partial charge is 0.489 e. The normalized spacial score (nSPS) is 14.0. The summed E-state index contributed by atoms with van der Waals surface area (Å²) < 4.78 is 5.95. The van der Waals surface area contributed by atoms with E-state index in [1.807, 2.05) is 48.5 Å². The molecule has 1 saturated heterocycles. The molecular weight excluding hydrogens is 360 g/mol. The van der Waals surface area contributed by atoms with Gasteiger partial charge in [-0.25, -0.2) is 0 Å². The lowest BCUT2D eigenvalue weighted by atomic mass is 10.1. The summed E-state index contributed by atoms with van der Waals surface area (Å²) in [7, 11) is 0. The van der Waals surface area contributed by atoms with Crippen molar-refractivity contribution in [2.24, 2.45) is 0 Å². The summed E-state index contributed by atoms with van der Waals surface area (Å²) in [5.74, 6) is 0.570. The number of benzene rings is 3. The second-order valence-electron chi connectivity index (χ2n) is 7.17. The number of hydrogen-bond donors (Lipinski definition) is 0. The maximum atomic E-state index is 12.4.